The molecule has 0 saturated carbocycles. The van der Waals surface area contributed by atoms with Crippen molar-refractivity contribution in [3.8, 4) is 5.75 Å². The molecular formula is C28H30N6O4. The minimum absolute atomic E-state index is 0.156. The predicted molar refractivity (Wildman–Crippen MR) is 141 cm³/mol. The van der Waals surface area contributed by atoms with Gasteiger partial charge in [-0.15, -0.1) is 0 Å². The van der Waals surface area contributed by atoms with Crippen LogP contribution in [-0.2, 0) is 19.6 Å². The van der Waals surface area contributed by atoms with Crippen LogP contribution < -0.4 is 15.4 Å². The molecular weight excluding hydrogens is 484 g/mol. The van der Waals surface area contributed by atoms with Crippen molar-refractivity contribution < 1.29 is 19.1 Å². The van der Waals surface area contributed by atoms with Gasteiger partial charge in [0.1, 0.15) is 18.2 Å². The number of ether oxygens (including phenoxy) is 1. The zero-order valence-electron chi connectivity index (χ0n) is 21.1. The molecule has 3 aromatic heterocycles. The number of hydrogen-bond acceptors (Lipinski definition) is 9. The number of amides is 1. The quantitative estimate of drug-likeness (QED) is 0.292. The molecule has 0 aliphatic carbocycles. The molecule has 4 heterocycles. The molecule has 0 bridgehead atoms. The second kappa shape index (κ2) is 11.8. The Labute approximate surface area is 220 Å². The summed E-state index contributed by atoms with van der Waals surface area (Å²) in [5, 5.41) is 16.5. The Morgan fingerprint density at radius 2 is 2.11 bits per heavy atom. The normalized spacial score (nSPS) is 13.9. The lowest BCUT2D eigenvalue weighted by molar-refractivity contribution is 0.0841. The van der Waals surface area contributed by atoms with Gasteiger partial charge in [-0.2, -0.15) is 0 Å². The number of rotatable bonds is 10. The number of fused-ring (bicyclic) bond motifs is 1. The van der Waals surface area contributed by atoms with Gasteiger partial charge in [-0.05, 0) is 60.9 Å². The van der Waals surface area contributed by atoms with Crippen LogP contribution in [0.2, 0.25) is 0 Å². The number of aromatic nitrogens is 3. The number of carbonyl (C=O) groups excluding carboxylic acids is 1. The van der Waals surface area contributed by atoms with Gasteiger partial charge in [0.05, 0.1) is 23.7 Å². The number of pyridine rings is 2. The first-order valence-electron chi connectivity index (χ1n) is 12.5. The lowest BCUT2D eigenvalue weighted by Gasteiger charge is -2.30. The van der Waals surface area contributed by atoms with Gasteiger partial charge < -0.3 is 24.9 Å². The number of carbonyl (C=O) groups is 1. The number of nitrogens with zero attached hydrogens (tertiary/aromatic N) is 4. The van der Waals surface area contributed by atoms with E-state index in [1.807, 2.05) is 25.1 Å². The van der Waals surface area contributed by atoms with Crippen LogP contribution in [0.25, 0.3) is 0 Å². The third kappa shape index (κ3) is 6.53. The van der Waals surface area contributed by atoms with Crippen LogP contribution >= 0.6 is 0 Å². The Bertz CT molecular complexity index is 1380. The van der Waals surface area contributed by atoms with Gasteiger partial charge in [-0.25, -0.2) is 9.97 Å². The van der Waals surface area contributed by atoms with Gasteiger partial charge in [0.2, 0.25) is 0 Å². The predicted octanol–water partition coefficient (Wildman–Crippen LogP) is 3.24. The first kappa shape index (κ1) is 25.4. The van der Waals surface area contributed by atoms with Gasteiger partial charge in [0.25, 0.3) is 5.91 Å². The molecule has 1 unspecified atom stereocenters. The van der Waals surface area contributed by atoms with Crippen LogP contribution in [0.5, 0.6) is 5.75 Å². The standard InChI is InChI=1S/C28H30N6O4/c1-19-26(38-18-32-19)17-37-25-5-4-22-15-34(10-7-20(22)11-25)16-24(35)14-31-28(36)21-6-9-30-27(12-21)33-23-3-2-8-29-13-23/h2-6,8-9,11-13,18,24,35H,7,10,14-17H2,1H3,(H,30,33)(H,31,36). The highest BCUT2D eigenvalue weighted by Gasteiger charge is 2.20. The van der Waals surface area contributed by atoms with Crippen molar-refractivity contribution in [1.29, 1.82) is 0 Å². The average molecular weight is 515 g/mol. The molecule has 4 aromatic rings. The Balaban J connectivity index is 1.09. The maximum Gasteiger partial charge on any atom is 0.251 e. The molecule has 0 spiro atoms. The van der Waals surface area contributed by atoms with Crippen molar-refractivity contribution in [2.75, 3.05) is 25.0 Å². The molecule has 10 nitrogen and oxygen atoms in total. The van der Waals surface area contributed by atoms with Crippen molar-refractivity contribution in [3.05, 3.63) is 95.6 Å². The summed E-state index contributed by atoms with van der Waals surface area (Å²) in [5.74, 6) is 1.80. The Kier molecular flexibility index (Phi) is 7.91. The number of benzene rings is 1. The summed E-state index contributed by atoms with van der Waals surface area (Å²) in [7, 11) is 0. The molecule has 0 radical (unpaired) electrons. The Hall–Kier alpha value is -4.28. The lowest BCUT2D eigenvalue weighted by atomic mass is 9.99. The topological polar surface area (TPSA) is 126 Å². The fourth-order valence-corrected chi connectivity index (χ4v) is 4.35. The molecule has 1 aliphatic heterocycles. The lowest BCUT2D eigenvalue weighted by Crippen LogP contribution is -2.42. The number of nitrogens with one attached hydrogen (secondary N) is 2. The maximum atomic E-state index is 12.7. The van der Waals surface area contributed by atoms with Crippen molar-refractivity contribution in [1.82, 2.24) is 25.2 Å². The molecule has 196 valence electrons. The van der Waals surface area contributed by atoms with Gasteiger partial charge in [-0.1, -0.05) is 6.07 Å². The first-order valence-corrected chi connectivity index (χ1v) is 12.5. The summed E-state index contributed by atoms with van der Waals surface area (Å²) >= 11 is 0. The molecule has 10 heteroatoms. The average Bonchev–Trinajstić information content (AvgIpc) is 3.35. The Morgan fingerprint density at radius 1 is 1.18 bits per heavy atom. The minimum Gasteiger partial charge on any atom is -0.486 e. The van der Waals surface area contributed by atoms with Gasteiger partial charge >= 0.3 is 0 Å². The number of aliphatic hydroxyl groups is 1. The third-order valence-corrected chi connectivity index (χ3v) is 6.41. The molecule has 1 aliphatic rings. The molecule has 1 atom stereocenters. The van der Waals surface area contributed by atoms with Crippen molar-refractivity contribution in [3.63, 3.8) is 0 Å². The van der Waals surface area contributed by atoms with Crippen LogP contribution in [0.1, 0.15) is 32.9 Å². The van der Waals surface area contributed by atoms with Crippen LogP contribution in [-0.4, -0.2) is 56.6 Å². The number of aliphatic hydroxyl groups excluding tert-OH is 1. The highest BCUT2D eigenvalue weighted by molar-refractivity contribution is 5.94. The SMILES string of the molecule is Cc1ncoc1COc1ccc2c(c1)CCN(CC(O)CNC(=O)c1ccnc(Nc3cccnc3)c1)C2. The van der Waals surface area contributed by atoms with E-state index >= 15 is 0 Å². The van der Waals surface area contributed by atoms with Gasteiger partial charge in [0.15, 0.2) is 12.2 Å². The second-order valence-corrected chi connectivity index (χ2v) is 9.23. The smallest absolute Gasteiger partial charge is 0.251 e. The van der Waals surface area contributed by atoms with E-state index in [0.717, 1.165) is 42.4 Å². The summed E-state index contributed by atoms with van der Waals surface area (Å²) in [4.78, 5) is 27.2. The highest BCUT2D eigenvalue weighted by atomic mass is 16.5. The van der Waals surface area contributed by atoms with Crippen molar-refractivity contribution in [2.45, 2.75) is 32.6 Å². The molecule has 38 heavy (non-hydrogen) atoms. The minimum atomic E-state index is -0.692. The van der Waals surface area contributed by atoms with Gasteiger partial charge in [-0.3, -0.25) is 14.7 Å². The molecule has 0 saturated heterocycles. The largest absolute Gasteiger partial charge is 0.486 e. The number of hydrogen-bond donors (Lipinski definition) is 3. The third-order valence-electron chi connectivity index (χ3n) is 6.41. The monoisotopic (exact) mass is 514 g/mol. The van der Waals surface area contributed by atoms with E-state index in [1.54, 1.807) is 30.7 Å². The number of oxazole rings is 1. The summed E-state index contributed by atoms with van der Waals surface area (Å²) < 4.78 is 11.2. The number of anilines is 2. The molecule has 3 N–H and O–H groups in total. The zero-order chi connectivity index (χ0) is 26.3. The molecule has 1 aromatic carbocycles. The fourth-order valence-electron chi connectivity index (χ4n) is 4.35. The molecule has 0 fully saturated rings. The van der Waals surface area contributed by atoms with E-state index in [0.29, 0.717) is 24.5 Å². The van der Waals surface area contributed by atoms with Crippen molar-refractivity contribution in [2.24, 2.45) is 0 Å². The van der Waals surface area contributed by atoms with Crippen molar-refractivity contribution >= 4 is 17.4 Å². The summed E-state index contributed by atoms with van der Waals surface area (Å²) in [5.41, 5.74) is 4.52. The maximum absolute atomic E-state index is 12.7. The molecule has 1 amide bonds. The Morgan fingerprint density at radius 3 is 2.92 bits per heavy atom. The summed E-state index contributed by atoms with van der Waals surface area (Å²) in [6.07, 6.45) is 6.52. The van der Waals surface area contributed by atoms with E-state index < -0.39 is 6.10 Å². The van der Waals surface area contributed by atoms with E-state index in [1.165, 1.54) is 17.5 Å². The van der Waals surface area contributed by atoms with Crippen LogP contribution in [0.4, 0.5) is 11.5 Å². The van der Waals surface area contributed by atoms with Crippen LogP contribution in [0.3, 0.4) is 0 Å². The highest BCUT2D eigenvalue weighted by Crippen LogP contribution is 2.25. The van der Waals surface area contributed by atoms with Gasteiger partial charge in [0, 0.05) is 44.1 Å². The molecule has 5 rings (SSSR count). The van der Waals surface area contributed by atoms with Crippen LogP contribution in [0.15, 0.2) is 71.9 Å². The van der Waals surface area contributed by atoms with Crippen LogP contribution in [0, 0.1) is 6.92 Å². The van der Waals surface area contributed by atoms with E-state index in [-0.39, 0.29) is 12.5 Å². The summed E-state index contributed by atoms with van der Waals surface area (Å²) in [6.45, 7) is 4.40. The fraction of sp³-hybridized carbons (Fsp3) is 0.286. The number of aryl methyl sites for hydroxylation is 1. The summed E-state index contributed by atoms with van der Waals surface area (Å²) in [6, 6.07) is 13.1. The van der Waals surface area contributed by atoms with E-state index in [9.17, 15) is 9.90 Å². The number of β-amino-alcohol motifs (C(OH)–C–C–N with tert-alkyl or cyclic N) is 1. The second-order valence-electron chi connectivity index (χ2n) is 9.23. The van der Waals surface area contributed by atoms with E-state index in [4.69, 9.17) is 9.15 Å². The first-order chi connectivity index (χ1) is 18.5. The zero-order valence-corrected chi connectivity index (χ0v) is 21.1. The van der Waals surface area contributed by atoms with E-state index in [2.05, 4.69) is 42.6 Å².